The van der Waals surface area contributed by atoms with Gasteiger partial charge in [0.05, 0.1) is 16.3 Å². The van der Waals surface area contributed by atoms with Crippen molar-refractivity contribution in [2.75, 3.05) is 5.32 Å². The second kappa shape index (κ2) is 5.92. The van der Waals surface area contributed by atoms with Crippen LogP contribution in [0.1, 0.15) is 23.0 Å². The fourth-order valence-electron chi connectivity index (χ4n) is 1.89. The molecule has 0 aliphatic rings. The molecule has 0 aliphatic heterocycles. The first-order chi connectivity index (χ1) is 9.92. The fourth-order valence-corrected chi connectivity index (χ4v) is 2.07. The van der Waals surface area contributed by atoms with Gasteiger partial charge in [-0.3, -0.25) is 19.6 Å². The summed E-state index contributed by atoms with van der Waals surface area (Å²) in [6.45, 7) is 1.92. The molecule has 1 N–H and O–H groups in total. The molecule has 8 heteroatoms. The highest BCUT2D eigenvalue weighted by atomic mass is 35.5. The first-order valence-corrected chi connectivity index (χ1v) is 6.58. The van der Waals surface area contributed by atoms with Gasteiger partial charge in [-0.2, -0.15) is 5.10 Å². The van der Waals surface area contributed by atoms with Crippen LogP contribution in [0.25, 0.3) is 0 Å². The van der Waals surface area contributed by atoms with Gasteiger partial charge in [0.1, 0.15) is 5.02 Å². The molecule has 1 amide bonds. The number of halogens is 1. The van der Waals surface area contributed by atoms with Crippen molar-refractivity contribution >= 4 is 28.9 Å². The van der Waals surface area contributed by atoms with E-state index in [2.05, 4.69) is 10.4 Å². The van der Waals surface area contributed by atoms with Crippen molar-refractivity contribution in [3.63, 3.8) is 0 Å². The predicted octanol–water partition coefficient (Wildman–Crippen LogP) is 2.80. The van der Waals surface area contributed by atoms with E-state index >= 15 is 0 Å². The lowest BCUT2D eigenvalue weighted by Crippen LogP contribution is -2.13. The minimum absolute atomic E-state index is 0.00725. The Balaban J connectivity index is 2.28. The lowest BCUT2D eigenvalue weighted by atomic mass is 10.2. The zero-order chi connectivity index (χ0) is 15.6. The molecule has 7 nitrogen and oxygen atoms in total. The van der Waals surface area contributed by atoms with Crippen LogP contribution < -0.4 is 5.32 Å². The van der Waals surface area contributed by atoms with E-state index in [1.54, 1.807) is 17.9 Å². The molecule has 0 aliphatic carbocycles. The number of anilines is 1. The van der Waals surface area contributed by atoms with Gasteiger partial charge in [0.15, 0.2) is 0 Å². The topological polar surface area (TPSA) is 90.1 Å². The van der Waals surface area contributed by atoms with Crippen molar-refractivity contribution in [2.24, 2.45) is 7.05 Å². The van der Waals surface area contributed by atoms with Crippen molar-refractivity contribution in [1.29, 1.82) is 0 Å². The summed E-state index contributed by atoms with van der Waals surface area (Å²) in [6.07, 6.45) is 2.35. The number of hydrogen-bond acceptors (Lipinski definition) is 4. The number of nitro benzene ring substituents is 1. The van der Waals surface area contributed by atoms with Gasteiger partial charge < -0.3 is 5.32 Å². The smallest absolute Gasteiger partial charge is 0.288 e. The Morgan fingerprint density at radius 1 is 1.52 bits per heavy atom. The Hall–Kier alpha value is -2.41. The molecule has 1 aromatic carbocycles. The van der Waals surface area contributed by atoms with E-state index in [0.29, 0.717) is 12.1 Å². The van der Waals surface area contributed by atoms with E-state index in [-0.39, 0.29) is 16.3 Å². The number of aryl methyl sites for hydroxylation is 2. The standard InChI is InChI=1S/C13H13ClN4O3/c1-3-10-11(7-17(2)16-10)15-13(19)8-4-5-9(14)12(6-8)18(20)21/h4-7H,3H2,1-2H3,(H,15,19). The third-order valence-corrected chi connectivity index (χ3v) is 3.21. The summed E-state index contributed by atoms with van der Waals surface area (Å²) >= 11 is 5.72. The van der Waals surface area contributed by atoms with E-state index in [1.165, 1.54) is 12.1 Å². The summed E-state index contributed by atoms with van der Waals surface area (Å²) in [4.78, 5) is 22.4. The van der Waals surface area contributed by atoms with Gasteiger partial charge in [0, 0.05) is 24.9 Å². The number of rotatable bonds is 4. The molecule has 0 atom stereocenters. The molecule has 110 valence electrons. The molecule has 0 saturated carbocycles. The summed E-state index contributed by atoms with van der Waals surface area (Å²) in [5, 5.41) is 17.7. The average Bonchev–Trinajstić information content (AvgIpc) is 2.78. The Morgan fingerprint density at radius 3 is 2.86 bits per heavy atom. The van der Waals surface area contributed by atoms with Crippen LogP contribution in [0.15, 0.2) is 24.4 Å². The van der Waals surface area contributed by atoms with Crippen LogP contribution in [0.2, 0.25) is 5.02 Å². The molecule has 0 bridgehead atoms. The molecule has 1 heterocycles. The average molecular weight is 309 g/mol. The highest BCUT2D eigenvalue weighted by Gasteiger charge is 2.17. The highest BCUT2D eigenvalue weighted by molar-refractivity contribution is 6.32. The molecule has 0 spiro atoms. The van der Waals surface area contributed by atoms with Crippen molar-refractivity contribution in [3.8, 4) is 0 Å². The molecule has 2 rings (SSSR count). The highest BCUT2D eigenvalue weighted by Crippen LogP contribution is 2.25. The number of nitrogens with zero attached hydrogens (tertiary/aromatic N) is 3. The summed E-state index contributed by atoms with van der Waals surface area (Å²) in [6, 6.07) is 3.92. The molecule has 1 aromatic heterocycles. The maximum absolute atomic E-state index is 12.2. The number of carbonyl (C=O) groups excluding carboxylic acids is 1. The van der Waals surface area contributed by atoms with Crippen molar-refractivity contribution in [2.45, 2.75) is 13.3 Å². The molecule has 2 aromatic rings. The number of benzene rings is 1. The molecule has 0 radical (unpaired) electrons. The van der Waals surface area contributed by atoms with Crippen molar-refractivity contribution in [1.82, 2.24) is 9.78 Å². The van der Waals surface area contributed by atoms with E-state index in [4.69, 9.17) is 11.6 Å². The minimum atomic E-state index is -0.624. The number of aromatic nitrogens is 2. The van der Waals surface area contributed by atoms with Gasteiger partial charge in [-0.25, -0.2) is 0 Å². The first-order valence-electron chi connectivity index (χ1n) is 6.20. The van der Waals surface area contributed by atoms with E-state index in [1.807, 2.05) is 6.92 Å². The summed E-state index contributed by atoms with van der Waals surface area (Å²) < 4.78 is 1.60. The van der Waals surface area contributed by atoms with Gasteiger partial charge in [0.25, 0.3) is 11.6 Å². The third kappa shape index (κ3) is 3.19. The lowest BCUT2D eigenvalue weighted by molar-refractivity contribution is -0.384. The number of hydrogen-bond donors (Lipinski definition) is 1. The Morgan fingerprint density at radius 2 is 2.24 bits per heavy atom. The zero-order valence-electron chi connectivity index (χ0n) is 11.5. The van der Waals surface area contributed by atoms with Gasteiger partial charge in [0.2, 0.25) is 0 Å². The fraction of sp³-hybridized carbons (Fsp3) is 0.231. The summed E-state index contributed by atoms with van der Waals surface area (Å²) in [7, 11) is 1.75. The molecule has 21 heavy (non-hydrogen) atoms. The van der Waals surface area contributed by atoms with Crippen molar-refractivity contribution in [3.05, 3.63) is 50.8 Å². The van der Waals surface area contributed by atoms with Gasteiger partial charge >= 0.3 is 0 Å². The third-order valence-electron chi connectivity index (χ3n) is 2.89. The second-order valence-electron chi connectivity index (χ2n) is 4.39. The predicted molar refractivity (Wildman–Crippen MR) is 78.6 cm³/mol. The summed E-state index contributed by atoms with van der Waals surface area (Å²) in [5.74, 6) is -0.447. The normalized spacial score (nSPS) is 10.4. The van der Waals surface area contributed by atoms with E-state index in [0.717, 1.165) is 11.8 Å². The van der Waals surface area contributed by atoms with E-state index < -0.39 is 10.8 Å². The van der Waals surface area contributed by atoms with Crippen LogP contribution >= 0.6 is 11.6 Å². The molecular formula is C13H13ClN4O3. The maximum Gasteiger partial charge on any atom is 0.288 e. The Kier molecular flexibility index (Phi) is 4.23. The van der Waals surface area contributed by atoms with Crippen LogP contribution in [0.3, 0.4) is 0 Å². The van der Waals surface area contributed by atoms with Crippen LogP contribution in [-0.2, 0) is 13.5 Å². The van der Waals surface area contributed by atoms with Gasteiger partial charge in [-0.1, -0.05) is 18.5 Å². The van der Waals surface area contributed by atoms with Crippen LogP contribution in [0.4, 0.5) is 11.4 Å². The van der Waals surface area contributed by atoms with E-state index in [9.17, 15) is 14.9 Å². The molecule has 0 unspecified atom stereocenters. The van der Waals surface area contributed by atoms with Crippen LogP contribution in [0.5, 0.6) is 0 Å². The van der Waals surface area contributed by atoms with Gasteiger partial charge in [-0.05, 0) is 18.6 Å². The van der Waals surface area contributed by atoms with Crippen LogP contribution in [0, 0.1) is 10.1 Å². The summed E-state index contributed by atoms with van der Waals surface area (Å²) in [5.41, 5.74) is 1.19. The molecular weight excluding hydrogens is 296 g/mol. The largest absolute Gasteiger partial charge is 0.319 e. The quantitative estimate of drug-likeness (QED) is 0.694. The first kappa shape index (κ1) is 15.0. The number of carbonyl (C=O) groups is 1. The zero-order valence-corrected chi connectivity index (χ0v) is 12.2. The molecule has 0 saturated heterocycles. The maximum atomic E-state index is 12.2. The number of amides is 1. The van der Waals surface area contributed by atoms with Gasteiger partial charge in [-0.15, -0.1) is 0 Å². The SMILES string of the molecule is CCc1nn(C)cc1NC(=O)c1ccc(Cl)c([N+](=O)[O-])c1. The van der Waals surface area contributed by atoms with Crippen LogP contribution in [-0.4, -0.2) is 20.6 Å². The monoisotopic (exact) mass is 308 g/mol. The number of nitrogens with one attached hydrogen (secondary N) is 1. The molecule has 0 fully saturated rings. The van der Waals surface area contributed by atoms with Crippen molar-refractivity contribution < 1.29 is 9.72 Å². The Labute approximate surface area is 125 Å². The Bertz CT molecular complexity index is 711. The minimum Gasteiger partial charge on any atom is -0.319 e. The number of nitro groups is 1. The second-order valence-corrected chi connectivity index (χ2v) is 4.80. The lowest BCUT2D eigenvalue weighted by Gasteiger charge is -2.05.